The summed E-state index contributed by atoms with van der Waals surface area (Å²) < 4.78 is 8.92. The van der Waals surface area contributed by atoms with Gasteiger partial charge in [0.1, 0.15) is 6.04 Å². The average molecular weight is 719 g/mol. The third-order valence-corrected chi connectivity index (χ3v) is 15.8. The average Bonchev–Trinajstić information content (AvgIpc) is 3.88. The van der Waals surface area contributed by atoms with Gasteiger partial charge in [-0.2, -0.15) is 0 Å². The number of rotatable bonds is 4. The van der Waals surface area contributed by atoms with Crippen molar-refractivity contribution in [1.82, 2.24) is 9.47 Å². The lowest BCUT2D eigenvalue weighted by Crippen LogP contribution is -2.62. The Morgan fingerprint density at radius 1 is 1.02 bits per heavy atom. The molecule has 0 bridgehead atoms. The van der Waals surface area contributed by atoms with Gasteiger partial charge in [-0.05, 0) is 126 Å². The van der Waals surface area contributed by atoms with Gasteiger partial charge in [0.05, 0.1) is 34.5 Å². The van der Waals surface area contributed by atoms with E-state index in [1.807, 2.05) is 24.0 Å². The number of carbonyl (C=O) groups excluding carboxylic acids is 2. The minimum absolute atomic E-state index is 0.0418. The molecule has 3 aliphatic heterocycles. The number of Topliss-reactive ketones (excluding diaryl/α,β-unsaturated/α-hetero) is 1. The highest BCUT2D eigenvalue weighted by Gasteiger charge is 2.67. The van der Waals surface area contributed by atoms with E-state index in [0.29, 0.717) is 17.9 Å². The minimum Gasteiger partial charge on any atom is -0.392 e. The van der Waals surface area contributed by atoms with Crippen LogP contribution in [0.3, 0.4) is 0 Å². The third-order valence-electron chi connectivity index (χ3n) is 15.8. The van der Waals surface area contributed by atoms with Crippen molar-refractivity contribution in [3.8, 4) is 0 Å². The number of aromatic nitrogens is 1. The first-order valence-corrected chi connectivity index (χ1v) is 20.3. The van der Waals surface area contributed by atoms with Gasteiger partial charge in [0.15, 0.2) is 5.78 Å². The molecule has 9 atom stereocenters. The molecule has 2 saturated carbocycles. The number of carbonyl (C=O) groups is 2. The molecule has 2 N–H and O–H groups in total. The van der Waals surface area contributed by atoms with Crippen LogP contribution in [0.5, 0.6) is 0 Å². The number of benzene rings is 1. The summed E-state index contributed by atoms with van der Waals surface area (Å²) in [6.45, 7) is 23.5. The van der Waals surface area contributed by atoms with Gasteiger partial charge in [-0.1, -0.05) is 51.2 Å². The molecular weight excluding hydrogens is 661 g/mol. The molecule has 4 heterocycles. The molecule has 2 aromatic rings. The summed E-state index contributed by atoms with van der Waals surface area (Å²) >= 11 is 0. The number of likely N-dealkylation sites (tertiary alicyclic amines) is 1. The lowest BCUT2D eigenvalue weighted by molar-refractivity contribution is -0.144. The van der Waals surface area contributed by atoms with Crippen molar-refractivity contribution in [2.75, 3.05) is 13.1 Å². The Hall–Kier alpha value is -3.26. The zero-order chi connectivity index (χ0) is 37.8. The second kappa shape index (κ2) is 11.2. The SMILES string of the molecule is C=C(C)[C@H]1C(=O)c2c3c(cc4c5c(n1c24)[C@@]1(C)[C@@H](CC[C@H]2[C@](C)(/C=C/C=C/C(=O)N4CCCC4)[C@@H](O)CC[C@@]21C)C5)C1=CC(C)(C)OC(C)(C)[C@H]1[C@@H]3O. The molecule has 7 aliphatic rings. The number of amides is 1. The Labute approximate surface area is 314 Å². The summed E-state index contributed by atoms with van der Waals surface area (Å²) in [5.74, 6) is 0.436. The molecule has 282 valence electrons. The van der Waals surface area contributed by atoms with Crippen LogP contribution in [0.25, 0.3) is 16.5 Å². The zero-order valence-corrected chi connectivity index (χ0v) is 33.0. The molecular formula is C46H58N2O5. The lowest BCUT2D eigenvalue weighted by atomic mass is 9.40. The van der Waals surface area contributed by atoms with Gasteiger partial charge in [-0.3, -0.25) is 9.59 Å². The van der Waals surface area contributed by atoms with Crippen LogP contribution in [0.2, 0.25) is 0 Å². The first kappa shape index (κ1) is 35.4. The molecule has 4 aliphatic carbocycles. The maximum absolute atomic E-state index is 14.9. The normalized spacial score (nSPS) is 39.0. The molecule has 0 spiro atoms. The summed E-state index contributed by atoms with van der Waals surface area (Å²) in [5, 5.41) is 25.1. The van der Waals surface area contributed by atoms with Crippen molar-refractivity contribution >= 4 is 28.2 Å². The quantitative estimate of drug-likeness (QED) is 0.189. The first-order chi connectivity index (χ1) is 24.9. The molecule has 1 aromatic heterocycles. The molecule has 3 fully saturated rings. The highest BCUT2D eigenvalue weighted by molar-refractivity contribution is 6.18. The fourth-order valence-electron chi connectivity index (χ4n) is 13.5. The van der Waals surface area contributed by atoms with Crippen molar-refractivity contribution < 1.29 is 24.5 Å². The van der Waals surface area contributed by atoms with E-state index in [-0.39, 0.29) is 34.4 Å². The maximum atomic E-state index is 14.9. The Kier molecular flexibility index (Phi) is 7.47. The van der Waals surface area contributed by atoms with Crippen LogP contribution in [0.1, 0.15) is 139 Å². The van der Waals surface area contributed by atoms with Gasteiger partial charge in [0.25, 0.3) is 0 Å². The smallest absolute Gasteiger partial charge is 0.246 e. The second-order valence-corrected chi connectivity index (χ2v) is 19.6. The standard InChI is InChI=1S/C46H58N2O5/c1-25(2)37-40(52)35-34-27(30-24-42(3,4)53-43(5,6)36(30)39(34)51)23-28-29-22-26-15-16-31-44(7,18-11-10-14-33(50)47-20-12-13-21-47)32(49)17-19-45(31,8)46(26,9)41(29)48(37)38(28)35/h10-11,14,18,23-24,26,31-32,36-37,39,49,51H,1,12-13,15-17,19-22H2,2-9H3/b14-10+,18-11+/t26-,31-,32-,36+,37-,39+,44-,45-,46+/m0/s1. The van der Waals surface area contributed by atoms with E-state index in [4.69, 9.17) is 4.74 Å². The van der Waals surface area contributed by atoms with Crippen LogP contribution in [-0.4, -0.2) is 61.8 Å². The van der Waals surface area contributed by atoms with Crippen LogP contribution >= 0.6 is 0 Å². The Morgan fingerprint density at radius 3 is 2.43 bits per heavy atom. The molecule has 1 saturated heterocycles. The van der Waals surface area contributed by atoms with Crippen LogP contribution in [0, 0.1) is 28.6 Å². The number of aliphatic hydroxyl groups excluding tert-OH is 2. The molecule has 0 unspecified atom stereocenters. The van der Waals surface area contributed by atoms with Crippen molar-refractivity contribution in [3.63, 3.8) is 0 Å². The number of aliphatic hydroxyl groups is 2. The highest BCUT2D eigenvalue weighted by Crippen LogP contribution is 2.71. The maximum Gasteiger partial charge on any atom is 0.246 e. The predicted octanol–water partition coefficient (Wildman–Crippen LogP) is 8.33. The minimum atomic E-state index is -0.848. The topological polar surface area (TPSA) is 92.0 Å². The van der Waals surface area contributed by atoms with Gasteiger partial charge in [-0.25, -0.2) is 0 Å². The fraction of sp³-hybridized carbons (Fsp3) is 0.609. The highest BCUT2D eigenvalue weighted by atomic mass is 16.5. The molecule has 9 rings (SSSR count). The largest absolute Gasteiger partial charge is 0.392 e. The van der Waals surface area contributed by atoms with E-state index < -0.39 is 34.9 Å². The van der Waals surface area contributed by atoms with Crippen molar-refractivity contribution in [3.05, 3.63) is 76.5 Å². The molecule has 7 heteroatoms. The van der Waals surface area contributed by atoms with Crippen LogP contribution < -0.4 is 0 Å². The van der Waals surface area contributed by atoms with Crippen LogP contribution in [-0.2, 0) is 21.4 Å². The monoisotopic (exact) mass is 718 g/mol. The van der Waals surface area contributed by atoms with E-state index in [1.165, 1.54) is 11.3 Å². The molecule has 0 radical (unpaired) electrons. The molecule has 1 aromatic carbocycles. The number of nitrogens with zero attached hydrogens (tertiary/aromatic N) is 2. The summed E-state index contributed by atoms with van der Waals surface area (Å²) in [6, 6.07) is 1.79. The summed E-state index contributed by atoms with van der Waals surface area (Å²) in [7, 11) is 0. The predicted molar refractivity (Wildman–Crippen MR) is 209 cm³/mol. The van der Waals surface area contributed by atoms with Crippen LogP contribution in [0.15, 0.2) is 48.6 Å². The third kappa shape index (κ3) is 4.45. The van der Waals surface area contributed by atoms with E-state index in [0.717, 1.165) is 84.8 Å². The molecule has 7 nitrogen and oxygen atoms in total. The number of hydrogen-bond donors (Lipinski definition) is 2. The van der Waals surface area contributed by atoms with Gasteiger partial charge >= 0.3 is 0 Å². The Balaban J connectivity index is 1.20. The van der Waals surface area contributed by atoms with E-state index >= 15 is 0 Å². The fourth-order valence-corrected chi connectivity index (χ4v) is 13.5. The van der Waals surface area contributed by atoms with Gasteiger partial charge in [-0.15, -0.1) is 0 Å². The van der Waals surface area contributed by atoms with Crippen molar-refractivity contribution in [2.24, 2.45) is 28.6 Å². The number of hydrogen-bond acceptors (Lipinski definition) is 5. The molecule has 53 heavy (non-hydrogen) atoms. The van der Waals surface area contributed by atoms with Gasteiger partial charge in [0.2, 0.25) is 5.91 Å². The second-order valence-electron chi connectivity index (χ2n) is 19.6. The summed E-state index contributed by atoms with van der Waals surface area (Å²) in [4.78, 5) is 29.6. The summed E-state index contributed by atoms with van der Waals surface area (Å²) in [5.41, 5.74) is 5.92. The number of fused-ring (bicyclic) bond motifs is 11. The summed E-state index contributed by atoms with van der Waals surface area (Å²) in [6.07, 6.45) is 15.3. The Bertz CT molecular complexity index is 2090. The van der Waals surface area contributed by atoms with Gasteiger partial charge < -0.3 is 24.4 Å². The number of ketones is 1. The number of ether oxygens (including phenoxy) is 1. The van der Waals surface area contributed by atoms with Crippen LogP contribution in [0.4, 0.5) is 0 Å². The zero-order valence-electron chi connectivity index (χ0n) is 33.0. The van der Waals surface area contributed by atoms with E-state index in [2.05, 4.69) is 77.8 Å². The Morgan fingerprint density at radius 2 is 1.74 bits per heavy atom. The first-order valence-electron chi connectivity index (χ1n) is 20.3. The molecule has 1 amide bonds. The van der Waals surface area contributed by atoms with E-state index in [1.54, 1.807) is 6.08 Å². The van der Waals surface area contributed by atoms with Crippen molar-refractivity contribution in [1.29, 1.82) is 0 Å². The number of allylic oxidation sites excluding steroid dienone is 3. The lowest BCUT2D eigenvalue weighted by Gasteiger charge is -2.64. The van der Waals surface area contributed by atoms with Gasteiger partial charge in [0, 0.05) is 52.6 Å². The van der Waals surface area contributed by atoms with E-state index in [9.17, 15) is 19.8 Å². The van der Waals surface area contributed by atoms with Crippen molar-refractivity contribution in [2.45, 2.75) is 135 Å².